The second-order valence-corrected chi connectivity index (χ2v) is 7.97. The quantitative estimate of drug-likeness (QED) is 0.225. The number of rotatable bonds is 16. The van der Waals surface area contributed by atoms with Gasteiger partial charge in [0.05, 0.1) is 18.8 Å². The minimum atomic E-state index is -3.44. The summed E-state index contributed by atoms with van der Waals surface area (Å²) in [6.45, 7) is 10.4. The highest BCUT2D eigenvalue weighted by Gasteiger charge is 2.30. The molecule has 5 heteroatoms. The fourth-order valence-corrected chi connectivity index (χ4v) is 4.09. The molecule has 0 saturated carbocycles. The predicted octanol–water partition coefficient (Wildman–Crippen LogP) is 6.88. The van der Waals surface area contributed by atoms with Crippen molar-refractivity contribution in [2.24, 2.45) is 0 Å². The van der Waals surface area contributed by atoms with Crippen LogP contribution < -0.4 is 0 Å². The molecule has 0 N–H and O–H groups in total. The van der Waals surface area contributed by atoms with Crippen molar-refractivity contribution in [2.45, 2.75) is 111 Å². The third kappa shape index (κ3) is 13.1. The Kier molecular flexibility index (Phi) is 14.5. The van der Waals surface area contributed by atoms with Crippen molar-refractivity contribution in [2.75, 3.05) is 6.61 Å². The number of unbranched alkanes of at least 4 members (excludes halogenated alkanes) is 6. The van der Waals surface area contributed by atoms with Crippen molar-refractivity contribution in [3.05, 3.63) is 0 Å². The lowest BCUT2D eigenvalue weighted by molar-refractivity contribution is 0.0583. The van der Waals surface area contributed by atoms with Crippen LogP contribution in [0.3, 0.4) is 0 Å². The molecule has 23 heavy (non-hydrogen) atoms. The van der Waals surface area contributed by atoms with Crippen molar-refractivity contribution in [1.29, 1.82) is 0 Å². The van der Waals surface area contributed by atoms with Crippen LogP contribution in [0.25, 0.3) is 0 Å². The lowest BCUT2D eigenvalue weighted by Gasteiger charge is -2.24. The molecule has 4 nitrogen and oxygen atoms in total. The third-order valence-electron chi connectivity index (χ3n) is 3.83. The van der Waals surface area contributed by atoms with Crippen LogP contribution in [-0.2, 0) is 18.1 Å². The number of phosphoric ester groups is 1. The van der Waals surface area contributed by atoms with Crippen LogP contribution in [0.1, 0.15) is 98.8 Å². The summed E-state index contributed by atoms with van der Waals surface area (Å²) < 4.78 is 29.4. The summed E-state index contributed by atoms with van der Waals surface area (Å²) in [6.07, 6.45) is 11.1. The van der Waals surface area contributed by atoms with E-state index in [9.17, 15) is 4.57 Å². The number of phosphoric acid groups is 1. The van der Waals surface area contributed by atoms with E-state index in [1.807, 2.05) is 20.8 Å². The minimum absolute atomic E-state index is 0.100. The molecule has 0 heterocycles. The molecule has 0 aromatic carbocycles. The van der Waals surface area contributed by atoms with E-state index in [-0.39, 0.29) is 12.2 Å². The van der Waals surface area contributed by atoms with E-state index in [0.717, 1.165) is 25.7 Å². The molecule has 0 bridgehead atoms. The fraction of sp³-hybridized carbons (Fsp3) is 1.00. The van der Waals surface area contributed by atoms with Gasteiger partial charge in [0.1, 0.15) is 0 Å². The Balaban J connectivity index is 4.23. The minimum Gasteiger partial charge on any atom is -0.287 e. The molecule has 0 rings (SSSR count). The van der Waals surface area contributed by atoms with Crippen LogP contribution in [0.15, 0.2) is 0 Å². The summed E-state index contributed by atoms with van der Waals surface area (Å²) in [6, 6.07) is 0. The molecule has 0 aromatic rings. The summed E-state index contributed by atoms with van der Waals surface area (Å²) in [5.74, 6) is 0. The number of hydrogen-bond donors (Lipinski definition) is 0. The van der Waals surface area contributed by atoms with Crippen molar-refractivity contribution < 1.29 is 18.1 Å². The van der Waals surface area contributed by atoms with E-state index >= 15 is 0 Å². The van der Waals surface area contributed by atoms with Gasteiger partial charge < -0.3 is 0 Å². The Morgan fingerprint density at radius 2 is 1.17 bits per heavy atom. The Labute approximate surface area is 144 Å². The Morgan fingerprint density at radius 1 is 0.739 bits per heavy atom. The molecule has 0 aliphatic heterocycles. The zero-order chi connectivity index (χ0) is 17.6. The molecule has 0 aliphatic rings. The lowest BCUT2D eigenvalue weighted by atomic mass is 10.1. The van der Waals surface area contributed by atoms with E-state index < -0.39 is 7.82 Å². The fourth-order valence-electron chi connectivity index (χ4n) is 2.51. The zero-order valence-electron chi connectivity index (χ0n) is 16.0. The van der Waals surface area contributed by atoms with Crippen LogP contribution in [0.5, 0.6) is 0 Å². The molecule has 2 unspecified atom stereocenters. The SMILES string of the molecule is CCCCCCC(C)OP(=O)(OCC)OC(C)CCCCCC. The van der Waals surface area contributed by atoms with Gasteiger partial charge in [0, 0.05) is 0 Å². The Morgan fingerprint density at radius 3 is 1.52 bits per heavy atom. The molecule has 0 saturated heterocycles. The van der Waals surface area contributed by atoms with Crippen molar-refractivity contribution in [3.63, 3.8) is 0 Å². The normalized spacial score (nSPS) is 16.9. The second-order valence-electron chi connectivity index (χ2n) is 6.40. The molecule has 2 atom stereocenters. The summed E-state index contributed by atoms with van der Waals surface area (Å²) in [4.78, 5) is 0. The van der Waals surface area contributed by atoms with Gasteiger partial charge in [-0.2, -0.15) is 0 Å². The predicted molar refractivity (Wildman–Crippen MR) is 97.8 cm³/mol. The summed E-state index contributed by atoms with van der Waals surface area (Å²) in [5, 5.41) is 0. The maximum atomic E-state index is 12.7. The Hall–Kier alpha value is 0.110. The van der Waals surface area contributed by atoms with Gasteiger partial charge in [0.2, 0.25) is 0 Å². The number of hydrogen-bond acceptors (Lipinski definition) is 4. The van der Waals surface area contributed by atoms with Crippen LogP contribution in [0.2, 0.25) is 0 Å². The van der Waals surface area contributed by atoms with Gasteiger partial charge in [-0.3, -0.25) is 13.6 Å². The standard InChI is InChI=1S/C18H39O4P/c1-6-9-11-13-15-17(4)21-23(19,20-8-3)22-18(5)16-14-12-10-7-2/h17-18H,6-16H2,1-5H3. The zero-order valence-corrected chi connectivity index (χ0v) is 16.9. The summed E-state index contributed by atoms with van der Waals surface area (Å²) >= 11 is 0. The molecule has 0 radical (unpaired) electrons. The third-order valence-corrected chi connectivity index (χ3v) is 5.64. The maximum absolute atomic E-state index is 12.7. The lowest BCUT2D eigenvalue weighted by Crippen LogP contribution is -2.14. The van der Waals surface area contributed by atoms with E-state index in [4.69, 9.17) is 13.6 Å². The van der Waals surface area contributed by atoms with Gasteiger partial charge >= 0.3 is 7.82 Å². The summed E-state index contributed by atoms with van der Waals surface area (Å²) in [7, 11) is -3.44. The average Bonchev–Trinajstić information content (AvgIpc) is 2.48. The molecule has 0 aromatic heterocycles. The molecule has 140 valence electrons. The van der Waals surface area contributed by atoms with E-state index in [2.05, 4.69) is 13.8 Å². The molecule has 0 amide bonds. The van der Waals surface area contributed by atoms with Crippen molar-refractivity contribution >= 4 is 7.82 Å². The topological polar surface area (TPSA) is 44.8 Å². The highest BCUT2D eigenvalue weighted by molar-refractivity contribution is 7.48. The first kappa shape index (κ1) is 23.1. The smallest absolute Gasteiger partial charge is 0.287 e. The highest BCUT2D eigenvalue weighted by atomic mass is 31.2. The van der Waals surface area contributed by atoms with Crippen LogP contribution in [-0.4, -0.2) is 18.8 Å². The van der Waals surface area contributed by atoms with Gasteiger partial charge in [-0.15, -0.1) is 0 Å². The van der Waals surface area contributed by atoms with Crippen LogP contribution >= 0.6 is 7.82 Å². The van der Waals surface area contributed by atoms with Gasteiger partial charge in [0.15, 0.2) is 0 Å². The largest absolute Gasteiger partial charge is 0.475 e. The van der Waals surface area contributed by atoms with Gasteiger partial charge in [-0.1, -0.05) is 65.2 Å². The highest BCUT2D eigenvalue weighted by Crippen LogP contribution is 2.52. The van der Waals surface area contributed by atoms with Crippen molar-refractivity contribution in [3.8, 4) is 0 Å². The van der Waals surface area contributed by atoms with E-state index in [1.165, 1.54) is 38.5 Å². The molecular formula is C18H39O4P. The molecule has 0 fully saturated rings. The average molecular weight is 350 g/mol. The van der Waals surface area contributed by atoms with Gasteiger partial charge in [-0.05, 0) is 33.6 Å². The van der Waals surface area contributed by atoms with Crippen LogP contribution in [0.4, 0.5) is 0 Å². The van der Waals surface area contributed by atoms with E-state index in [1.54, 1.807) is 0 Å². The first-order valence-corrected chi connectivity index (χ1v) is 11.0. The van der Waals surface area contributed by atoms with Gasteiger partial charge in [-0.25, -0.2) is 4.57 Å². The Bertz CT molecular complexity index is 285. The first-order valence-electron chi connectivity index (χ1n) is 9.58. The molecule has 0 aliphatic carbocycles. The monoisotopic (exact) mass is 350 g/mol. The molecule has 0 spiro atoms. The summed E-state index contributed by atoms with van der Waals surface area (Å²) in [5.41, 5.74) is 0. The van der Waals surface area contributed by atoms with Crippen LogP contribution in [0, 0.1) is 0 Å². The van der Waals surface area contributed by atoms with Gasteiger partial charge in [0.25, 0.3) is 0 Å². The second kappa shape index (κ2) is 14.5. The van der Waals surface area contributed by atoms with E-state index in [0.29, 0.717) is 6.61 Å². The first-order chi connectivity index (χ1) is 11.0. The molecular weight excluding hydrogens is 311 g/mol. The maximum Gasteiger partial charge on any atom is 0.475 e. The van der Waals surface area contributed by atoms with Crippen molar-refractivity contribution in [1.82, 2.24) is 0 Å².